The number of para-hydroxylation sites is 1. The molecule has 0 aromatic heterocycles. The highest BCUT2D eigenvalue weighted by molar-refractivity contribution is 5.62. The van der Waals surface area contributed by atoms with Crippen molar-refractivity contribution in [1.29, 1.82) is 0 Å². The van der Waals surface area contributed by atoms with Gasteiger partial charge in [0.15, 0.2) is 11.5 Å². The van der Waals surface area contributed by atoms with Gasteiger partial charge in [-0.15, -0.1) is 0 Å². The molecule has 2 fully saturated rings. The largest absolute Gasteiger partial charge is 0.504 e. The van der Waals surface area contributed by atoms with Gasteiger partial charge in [-0.05, 0) is 68.5 Å². The number of phenolic OH excluding ortho intramolecular Hbond substituents is 1. The average Bonchev–Trinajstić information content (AvgIpc) is 3.06. The van der Waals surface area contributed by atoms with Crippen molar-refractivity contribution in [3.8, 4) is 11.5 Å². The summed E-state index contributed by atoms with van der Waals surface area (Å²) in [6.07, 6.45) is 4.43. The second-order valence-corrected chi connectivity index (χ2v) is 9.30. The molecule has 2 N–H and O–H groups in total. The number of aromatic hydroxyl groups is 1. The number of piperidine rings is 1. The molecular weight excluding hydrogens is 348 g/mol. The molecule has 0 spiro atoms. The SMILES string of the molecule is COc1ccc2c(c1O)[C@]13CCN(C)C(C2)[C@@H]1CC1c2ccccc2NC1C3. The lowest BCUT2D eigenvalue weighted by atomic mass is 9.49. The smallest absolute Gasteiger partial charge is 0.161 e. The minimum Gasteiger partial charge on any atom is -0.504 e. The van der Waals surface area contributed by atoms with E-state index < -0.39 is 0 Å². The van der Waals surface area contributed by atoms with Gasteiger partial charge in [-0.2, -0.15) is 0 Å². The van der Waals surface area contributed by atoms with Gasteiger partial charge in [0.1, 0.15) is 0 Å². The van der Waals surface area contributed by atoms with E-state index in [4.69, 9.17) is 4.74 Å². The standard InChI is InChI=1S/C24H28N2O2/c1-26-10-9-24-13-19-16(15-5-3-4-6-18(15)25-19)12-17(24)20(26)11-14-7-8-21(28-2)23(27)22(14)24/h3-8,16-17,19-20,25,27H,9-13H2,1-2H3/t16?,17-,19?,20?,24-/m0/s1. The van der Waals surface area contributed by atoms with Crippen LogP contribution in [-0.2, 0) is 11.8 Å². The van der Waals surface area contributed by atoms with Crippen LogP contribution in [0.15, 0.2) is 36.4 Å². The first kappa shape index (κ1) is 16.7. The van der Waals surface area contributed by atoms with Gasteiger partial charge in [-0.1, -0.05) is 24.3 Å². The van der Waals surface area contributed by atoms with Crippen LogP contribution in [-0.4, -0.2) is 42.8 Å². The van der Waals surface area contributed by atoms with Crippen molar-refractivity contribution in [2.24, 2.45) is 5.92 Å². The highest BCUT2D eigenvalue weighted by atomic mass is 16.5. The van der Waals surface area contributed by atoms with Gasteiger partial charge in [-0.3, -0.25) is 0 Å². The zero-order valence-electron chi connectivity index (χ0n) is 16.6. The van der Waals surface area contributed by atoms with Gasteiger partial charge in [0.25, 0.3) is 0 Å². The zero-order chi connectivity index (χ0) is 19.0. The molecule has 0 radical (unpaired) electrons. The zero-order valence-corrected chi connectivity index (χ0v) is 16.6. The molecule has 2 aliphatic heterocycles. The summed E-state index contributed by atoms with van der Waals surface area (Å²) in [5.41, 5.74) is 5.35. The number of nitrogens with one attached hydrogen (secondary N) is 1. The fourth-order valence-electron chi connectivity index (χ4n) is 7.10. The number of benzene rings is 2. The Morgan fingerprint density at radius 1 is 1.21 bits per heavy atom. The predicted molar refractivity (Wildman–Crippen MR) is 110 cm³/mol. The minimum atomic E-state index is 0.0413. The Balaban J connectivity index is 1.52. The molecule has 2 heterocycles. The summed E-state index contributed by atoms with van der Waals surface area (Å²) in [6, 6.07) is 14.0. The second-order valence-electron chi connectivity index (χ2n) is 9.30. The summed E-state index contributed by atoms with van der Waals surface area (Å²) in [4.78, 5) is 2.57. The number of nitrogens with zero attached hydrogens (tertiary/aromatic N) is 1. The maximum atomic E-state index is 11.2. The number of likely N-dealkylation sites (N-methyl/N-ethyl adjacent to an activating group) is 1. The molecule has 4 heteroatoms. The van der Waals surface area contributed by atoms with Gasteiger partial charge in [-0.25, -0.2) is 0 Å². The van der Waals surface area contributed by atoms with Crippen molar-refractivity contribution in [1.82, 2.24) is 4.90 Å². The van der Waals surface area contributed by atoms with Crippen LogP contribution in [0, 0.1) is 5.92 Å². The Kier molecular flexibility index (Phi) is 3.38. The summed E-state index contributed by atoms with van der Waals surface area (Å²) >= 11 is 0. The van der Waals surface area contributed by atoms with Crippen LogP contribution in [0.4, 0.5) is 5.69 Å². The molecule has 2 aromatic rings. The van der Waals surface area contributed by atoms with E-state index >= 15 is 0 Å². The number of methoxy groups -OCH3 is 1. The topological polar surface area (TPSA) is 44.7 Å². The van der Waals surface area contributed by atoms with Crippen LogP contribution in [0.2, 0.25) is 0 Å². The van der Waals surface area contributed by atoms with Crippen molar-refractivity contribution in [2.75, 3.05) is 26.0 Å². The van der Waals surface area contributed by atoms with E-state index in [1.807, 2.05) is 6.07 Å². The lowest BCUT2D eigenvalue weighted by molar-refractivity contribution is -0.00692. The fourth-order valence-corrected chi connectivity index (χ4v) is 7.10. The molecule has 2 aromatic carbocycles. The molecule has 5 atom stereocenters. The van der Waals surface area contributed by atoms with Gasteiger partial charge in [0.05, 0.1) is 7.11 Å². The van der Waals surface area contributed by atoms with E-state index in [1.165, 1.54) is 28.8 Å². The third-order valence-corrected chi connectivity index (χ3v) is 8.30. The van der Waals surface area contributed by atoms with Gasteiger partial charge in [0.2, 0.25) is 0 Å². The number of phenols is 1. The molecular formula is C24H28N2O2. The molecule has 146 valence electrons. The highest BCUT2D eigenvalue weighted by Gasteiger charge is 2.59. The van der Waals surface area contributed by atoms with Crippen molar-refractivity contribution in [2.45, 2.75) is 49.1 Å². The minimum absolute atomic E-state index is 0.0413. The Morgan fingerprint density at radius 3 is 2.93 bits per heavy atom. The molecule has 2 aliphatic carbocycles. The van der Waals surface area contributed by atoms with Crippen molar-refractivity contribution < 1.29 is 9.84 Å². The molecule has 3 unspecified atom stereocenters. The first-order valence-corrected chi connectivity index (χ1v) is 10.6. The number of hydrogen-bond donors (Lipinski definition) is 2. The van der Waals surface area contributed by atoms with Gasteiger partial charge >= 0.3 is 0 Å². The quantitative estimate of drug-likeness (QED) is 0.793. The third-order valence-electron chi connectivity index (χ3n) is 8.30. The molecule has 4 nitrogen and oxygen atoms in total. The maximum absolute atomic E-state index is 11.2. The molecule has 1 saturated carbocycles. The van der Waals surface area contributed by atoms with Crippen LogP contribution < -0.4 is 10.1 Å². The van der Waals surface area contributed by atoms with Crippen molar-refractivity contribution >= 4 is 5.69 Å². The first-order chi connectivity index (χ1) is 13.6. The fraction of sp³-hybridized carbons (Fsp3) is 0.500. The molecule has 28 heavy (non-hydrogen) atoms. The number of fused-ring (bicyclic) bond motifs is 4. The van der Waals surface area contributed by atoms with Crippen molar-refractivity contribution in [3.05, 3.63) is 53.1 Å². The van der Waals surface area contributed by atoms with E-state index in [1.54, 1.807) is 7.11 Å². The number of hydrogen-bond acceptors (Lipinski definition) is 4. The molecule has 4 aliphatic rings. The third kappa shape index (κ3) is 1.99. The van der Waals surface area contributed by atoms with Gasteiger partial charge in [0, 0.05) is 34.7 Å². The van der Waals surface area contributed by atoms with E-state index in [9.17, 15) is 5.11 Å². The van der Waals surface area contributed by atoms with E-state index in [0.29, 0.717) is 35.4 Å². The van der Waals surface area contributed by atoms with Crippen molar-refractivity contribution in [3.63, 3.8) is 0 Å². The Bertz CT molecular complexity index is 958. The lowest BCUT2D eigenvalue weighted by Gasteiger charge is -2.60. The number of rotatable bonds is 1. The molecule has 0 amide bonds. The summed E-state index contributed by atoms with van der Waals surface area (Å²) in [5, 5.41) is 15.0. The lowest BCUT2D eigenvalue weighted by Crippen LogP contribution is -2.62. The summed E-state index contributed by atoms with van der Waals surface area (Å²) in [5.74, 6) is 2.17. The summed E-state index contributed by atoms with van der Waals surface area (Å²) in [6.45, 7) is 1.10. The second kappa shape index (κ2) is 5.66. The van der Waals surface area contributed by atoms with Crippen LogP contribution in [0.5, 0.6) is 11.5 Å². The van der Waals surface area contributed by atoms with Gasteiger partial charge < -0.3 is 20.1 Å². The Hall–Kier alpha value is -2.20. The number of anilines is 1. The summed E-state index contributed by atoms with van der Waals surface area (Å²) < 4.78 is 5.51. The van der Waals surface area contributed by atoms with Crippen LogP contribution >= 0.6 is 0 Å². The molecule has 1 saturated heterocycles. The molecule has 2 bridgehead atoms. The Morgan fingerprint density at radius 2 is 2.07 bits per heavy atom. The predicted octanol–water partition coefficient (Wildman–Crippen LogP) is 3.89. The highest BCUT2D eigenvalue weighted by Crippen LogP contribution is 2.62. The van der Waals surface area contributed by atoms with E-state index in [2.05, 4.69) is 47.6 Å². The van der Waals surface area contributed by atoms with Crippen LogP contribution in [0.3, 0.4) is 0 Å². The number of likely N-dealkylation sites (tertiary alicyclic amines) is 1. The van der Waals surface area contributed by atoms with E-state index in [-0.39, 0.29) is 5.41 Å². The average molecular weight is 377 g/mol. The first-order valence-electron chi connectivity index (χ1n) is 10.6. The maximum Gasteiger partial charge on any atom is 0.161 e. The normalized spacial score (nSPS) is 35.2. The summed E-state index contributed by atoms with van der Waals surface area (Å²) in [7, 11) is 3.94. The van der Waals surface area contributed by atoms with Crippen LogP contribution in [0.1, 0.15) is 41.9 Å². The Labute approximate surface area is 166 Å². The molecule has 6 rings (SSSR count). The van der Waals surface area contributed by atoms with E-state index in [0.717, 1.165) is 25.8 Å². The van der Waals surface area contributed by atoms with Crippen LogP contribution in [0.25, 0.3) is 0 Å². The monoisotopic (exact) mass is 376 g/mol. The number of ether oxygens (including phenoxy) is 1.